The van der Waals surface area contributed by atoms with Gasteiger partial charge in [-0.1, -0.05) is 25.9 Å². The molecule has 126 valence electrons. The van der Waals surface area contributed by atoms with Crippen molar-refractivity contribution in [2.75, 3.05) is 13.2 Å². The van der Waals surface area contributed by atoms with Crippen LogP contribution in [0, 0.1) is 5.41 Å². The number of aliphatic hydroxyl groups is 1. The topological polar surface area (TPSA) is 71.2 Å². The minimum absolute atomic E-state index is 0.0499. The highest BCUT2D eigenvalue weighted by Gasteiger charge is 2.26. The van der Waals surface area contributed by atoms with Crippen LogP contribution in [0.1, 0.15) is 76.9 Å². The van der Waals surface area contributed by atoms with Gasteiger partial charge in [-0.25, -0.2) is 0 Å². The van der Waals surface area contributed by atoms with Gasteiger partial charge in [-0.2, -0.15) is 4.98 Å². The molecule has 1 aliphatic carbocycles. The van der Waals surface area contributed by atoms with Gasteiger partial charge in [-0.3, -0.25) is 0 Å². The molecule has 1 aromatic rings. The van der Waals surface area contributed by atoms with Crippen molar-refractivity contribution in [3.05, 3.63) is 11.7 Å². The van der Waals surface area contributed by atoms with Crippen LogP contribution in [0.15, 0.2) is 4.52 Å². The highest BCUT2D eigenvalue weighted by atomic mass is 16.5. The zero-order valence-electron chi connectivity index (χ0n) is 14.3. The Bertz CT molecular complexity index is 437. The second kappa shape index (κ2) is 8.06. The van der Waals surface area contributed by atoms with Gasteiger partial charge in [0.05, 0.1) is 0 Å². The Morgan fingerprint density at radius 2 is 2.00 bits per heavy atom. The van der Waals surface area contributed by atoms with Crippen molar-refractivity contribution in [1.29, 1.82) is 0 Å². The van der Waals surface area contributed by atoms with E-state index in [1.165, 1.54) is 12.8 Å². The van der Waals surface area contributed by atoms with E-state index in [1.54, 1.807) is 0 Å². The standard InChI is InChI=1S/C17H31N3O2/c1-4-15-19-16(22-20-15)13-6-8-14(9-7-13)18-11-5-10-17(2,3)12-21/h13-14,18,21H,4-12H2,1-3H3. The summed E-state index contributed by atoms with van der Waals surface area (Å²) in [6, 6.07) is 0.613. The van der Waals surface area contributed by atoms with E-state index >= 15 is 0 Å². The van der Waals surface area contributed by atoms with Crippen LogP contribution in [0.2, 0.25) is 0 Å². The number of aromatic nitrogens is 2. The smallest absolute Gasteiger partial charge is 0.229 e. The van der Waals surface area contributed by atoms with E-state index in [0.717, 1.165) is 50.4 Å². The van der Waals surface area contributed by atoms with E-state index in [9.17, 15) is 5.11 Å². The average Bonchev–Trinajstić information content (AvgIpc) is 3.01. The van der Waals surface area contributed by atoms with Crippen LogP contribution < -0.4 is 5.32 Å². The zero-order valence-corrected chi connectivity index (χ0v) is 14.3. The SMILES string of the molecule is CCc1noc(C2CCC(NCCCC(C)(C)CO)CC2)n1. The lowest BCUT2D eigenvalue weighted by molar-refractivity contribution is 0.147. The van der Waals surface area contributed by atoms with Crippen molar-refractivity contribution in [3.8, 4) is 0 Å². The molecule has 0 spiro atoms. The third-order valence-corrected chi connectivity index (χ3v) is 4.77. The number of aliphatic hydroxyl groups excluding tert-OH is 1. The second-order valence-corrected chi connectivity index (χ2v) is 7.33. The van der Waals surface area contributed by atoms with Gasteiger partial charge in [0.2, 0.25) is 5.89 Å². The number of nitrogens with zero attached hydrogens (tertiary/aromatic N) is 2. The molecule has 0 aliphatic heterocycles. The van der Waals surface area contributed by atoms with E-state index in [0.29, 0.717) is 12.0 Å². The Hall–Kier alpha value is -0.940. The molecule has 2 rings (SSSR count). The van der Waals surface area contributed by atoms with Crippen molar-refractivity contribution in [3.63, 3.8) is 0 Å². The van der Waals surface area contributed by atoms with Crippen molar-refractivity contribution >= 4 is 0 Å². The first-order chi connectivity index (χ1) is 10.5. The predicted molar refractivity (Wildman–Crippen MR) is 86.8 cm³/mol. The largest absolute Gasteiger partial charge is 0.396 e. The lowest BCUT2D eigenvalue weighted by Crippen LogP contribution is -2.34. The third kappa shape index (κ3) is 5.06. The van der Waals surface area contributed by atoms with Crippen molar-refractivity contribution in [1.82, 2.24) is 15.5 Å². The molecule has 0 aromatic carbocycles. The molecular weight excluding hydrogens is 278 g/mol. The number of rotatable bonds is 8. The molecule has 1 aliphatic rings. The summed E-state index contributed by atoms with van der Waals surface area (Å²) in [5.41, 5.74) is 0.0499. The molecule has 1 fully saturated rings. The first kappa shape index (κ1) is 17.4. The molecule has 22 heavy (non-hydrogen) atoms. The van der Waals surface area contributed by atoms with Crippen molar-refractivity contribution < 1.29 is 9.63 Å². The van der Waals surface area contributed by atoms with E-state index in [1.807, 2.05) is 6.92 Å². The second-order valence-electron chi connectivity index (χ2n) is 7.33. The van der Waals surface area contributed by atoms with Crippen LogP contribution in [0.25, 0.3) is 0 Å². The Morgan fingerprint density at radius 1 is 1.27 bits per heavy atom. The highest BCUT2D eigenvalue weighted by Crippen LogP contribution is 2.32. The maximum absolute atomic E-state index is 9.26. The molecule has 5 heteroatoms. The summed E-state index contributed by atoms with van der Waals surface area (Å²) in [6.45, 7) is 7.59. The molecule has 1 heterocycles. The van der Waals surface area contributed by atoms with E-state index in [-0.39, 0.29) is 12.0 Å². The third-order valence-electron chi connectivity index (χ3n) is 4.77. The van der Waals surface area contributed by atoms with Gasteiger partial charge in [0.25, 0.3) is 0 Å². The molecule has 0 saturated heterocycles. The van der Waals surface area contributed by atoms with Crippen LogP contribution in [0.4, 0.5) is 0 Å². The maximum atomic E-state index is 9.26. The van der Waals surface area contributed by atoms with Gasteiger partial charge < -0.3 is 14.9 Å². The summed E-state index contributed by atoms with van der Waals surface area (Å²) in [6.07, 6.45) is 7.64. The molecule has 2 N–H and O–H groups in total. The minimum atomic E-state index is 0.0499. The number of hydrogen-bond acceptors (Lipinski definition) is 5. The molecule has 0 radical (unpaired) electrons. The van der Waals surface area contributed by atoms with E-state index in [4.69, 9.17) is 4.52 Å². The maximum Gasteiger partial charge on any atom is 0.229 e. The molecule has 0 bridgehead atoms. The van der Waals surface area contributed by atoms with Gasteiger partial charge in [-0.05, 0) is 50.5 Å². The fraction of sp³-hybridized carbons (Fsp3) is 0.882. The van der Waals surface area contributed by atoms with Crippen LogP contribution in [0.3, 0.4) is 0 Å². The van der Waals surface area contributed by atoms with Gasteiger partial charge in [0.1, 0.15) is 0 Å². The first-order valence-corrected chi connectivity index (χ1v) is 8.71. The lowest BCUT2D eigenvalue weighted by atomic mass is 9.85. The highest BCUT2D eigenvalue weighted by molar-refractivity contribution is 4.97. The fourth-order valence-electron chi connectivity index (χ4n) is 3.07. The Morgan fingerprint density at radius 3 is 2.59 bits per heavy atom. The molecular formula is C17H31N3O2. The summed E-state index contributed by atoms with van der Waals surface area (Å²) < 4.78 is 5.37. The Labute approximate surface area is 133 Å². The minimum Gasteiger partial charge on any atom is -0.396 e. The van der Waals surface area contributed by atoms with E-state index in [2.05, 4.69) is 29.3 Å². The molecule has 0 unspecified atom stereocenters. The van der Waals surface area contributed by atoms with Crippen molar-refractivity contribution in [2.24, 2.45) is 5.41 Å². The van der Waals surface area contributed by atoms with Gasteiger partial charge in [0, 0.05) is 25.0 Å². The Kier molecular flexibility index (Phi) is 6.38. The van der Waals surface area contributed by atoms with Gasteiger partial charge in [0.15, 0.2) is 5.82 Å². The number of aryl methyl sites for hydroxylation is 1. The summed E-state index contributed by atoms with van der Waals surface area (Å²) in [7, 11) is 0. The molecule has 0 amide bonds. The zero-order chi connectivity index (χ0) is 16.0. The van der Waals surface area contributed by atoms with Gasteiger partial charge in [-0.15, -0.1) is 0 Å². The Balaban J connectivity index is 1.65. The molecule has 0 atom stereocenters. The van der Waals surface area contributed by atoms with Crippen molar-refractivity contribution in [2.45, 2.75) is 77.7 Å². The molecule has 1 saturated carbocycles. The number of nitrogens with one attached hydrogen (secondary N) is 1. The van der Waals surface area contributed by atoms with E-state index < -0.39 is 0 Å². The first-order valence-electron chi connectivity index (χ1n) is 8.71. The summed E-state index contributed by atoms with van der Waals surface area (Å²) in [5, 5.41) is 16.9. The van der Waals surface area contributed by atoms with Crippen LogP contribution in [0.5, 0.6) is 0 Å². The normalized spacial score (nSPS) is 22.9. The summed E-state index contributed by atoms with van der Waals surface area (Å²) in [5.74, 6) is 2.10. The monoisotopic (exact) mass is 309 g/mol. The average molecular weight is 309 g/mol. The van der Waals surface area contributed by atoms with Crippen LogP contribution in [-0.2, 0) is 6.42 Å². The fourth-order valence-corrected chi connectivity index (χ4v) is 3.07. The summed E-state index contributed by atoms with van der Waals surface area (Å²) in [4.78, 5) is 4.47. The quantitative estimate of drug-likeness (QED) is 0.722. The molecule has 1 aromatic heterocycles. The lowest BCUT2D eigenvalue weighted by Gasteiger charge is -2.28. The number of hydrogen-bond donors (Lipinski definition) is 2. The van der Waals surface area contributed by atoms with Crippen LogP contribution >= 0.6 is 0 Å². The summed E-state index contributed by atoms with van der Waals surface area (Å²) >= 11 is 0. The predicted octanol–water partition coefficient (Wildman–Crippen LogP) is 3.05. The molecule has 5 nitrogen and oxygen atoms in total. The van der Waals surface area contributed by atoms with Crippen LogP contribution in [-0.4, -0.2) is 34.4 Å². The van der Waals surface area contributed by atoms with Gasteiger partial charge >= 0.3 is 0 Å².